The van der Waals surface area contributed by atoms with Gasteiger partial charge < -0.3 is 11.5 Å². The molecule has 0 bridgehead atoms. The van der Waals surface area contributed by atoms with Gasteiger partial charge in [-0.3, -0.25) is 9.69 Å². The second-order valence-electron chi connectivity index (χ2n) is 8.74. The number of nitrogens with two attached hydrogens (primary N) is 2. The summed E-state index contributed by atoms with van der Waals surface area (Å²) < 4.78 is 14.6. The van der Waals surface area contributed by atoms with Gasteiger partial charge in [0.1, 0.15) is 5.82 Å². The van der Waals surface area contributed by atoms with Crippen LogP contribution in [0.2, 0.25) is 0 Å². The monoisotopic (exact) mass is 467 g/mol. The second-order valence-corrected chi connectivity index (χ2v) is 8.74. The molecule has 1 amide bonds. The fraction of sp³-hybridized carbons (Fsp3) is 0.179. The molecule has 7 heteroatoms. The number of rotatable bonds is 6. The number of anilines is 1. The first-order valence-corrected chi connectivity index (χ1v) is 11.6. The molecule has 1 saturated heterocycles. The maximum Gasteiger partial charge on any atom is 0.248 e. The van der Waals surface area contributed by atoms with E-state index in [-0.39, 0.29) is 17.8 Å². The van der Waals surface area contributed by atoms with Crippen molar-refractivity contribution in [1.82, 2.24) is 14.9 Å². The van der Waals surface area contributed by atoms with Crippen molar-refractivity contribution in [3.63, 3.8) is 0 Å². The van der Waals surface area contributed by atoms with Crippen molar-refractivity contribution in [2.45, 2.75) is 25.4 Å². The topological polar surface area (TPSA) is 98.1 Å². The van der Waals surface area contributed by atoms with Crippen molar-refractivity contribution in [2.75, 3.05) is 12.3 Å². The number of carbonyl (C=O) groups excluding carboxylic acids is 1. The van der Waals surface area contributed by atoms with E-state index in [1.807, 2.05) is 42.5 Å². The van der Waals surface area contributed by atoms with E-state index < -0.39 is 5.91 Å². The SMILES string of the molecule is NC(=O)c1cccc(-c2cnc(N)nc2[C@H]2CCCN2Cc2ccccc2-c2ccccc2F)c1. The van der Waals surface area contributed by atoms with Gasteiger partial charge in [0.05, 0.1) is 11.7 Å². The first-order chi connectivity index (χ1) is 17.0. The van der Waals surface area contributed by atoms with Crippen molar-refractivity contribution in [2.24, 2.45) is 5.73 Å². The summed E-state index contributed by atoms with van der Waals surface area (Å²) in [6, 6.07) is 21.9. The molecule has 0 unspecified atom stereocenters. The fourth-order valence-electron chi connectivity index (χ4n) is 4.87. The Hall–Kier alpha value is -4.10. The zero-order valence-corrected chi connectivity index (χ0v) is 19.2. The number of aromatic nitrogens is 2. The van der Waals surface area contributed by atoms with Crippen LogP contribution in [0.1, 0.15) is 40.5 Å². The van der Waals surface area contributed by atoms with Crippen LogP contribution in [0.4, 0.5) is 10.3 Å². The number of nitrogens with zero attached hydrogens (tertiary/aromatic N) is 3. The summed E-state index contributed by atoms with van der Waals surface area (Å²) in [7, 11) is 0. The normalized spacial score (nSPS) is 15.9. The number of carbonyl (C=O) groups is 1. The Morgan fingerprint density at radius 3 is 2.57 bits per heavy atom. The van der Waals surface area contributed by atoms with Gasteiger partial charge in [-0.05, 0) is 54.3 Å². The van der Waals surface area contributed by atoms with E-state index in [1.165, 1.54) is 6.07 Å². The smallest absolute Gasteiger partial charge is 0.248 e. The lowest BCUT2D eigenvalue weighted by molar-refractivity contribution is 0.100. The largest absolute Gasteiger partial charge is 0.368 e. The zero-order valence-electron chi connectivity index (χ0n) is 19.2. The van der Waals surface area contributed by atoms with Gasteiger partial charge in [-0.15, -0.1) is 0 Å². The van der Waals surface area contributed by atoms with Crippen molar-refractivity contribution in [3.8, 4) is 22.3 Å². The summed E-state index contributed by atoms with van der Waals surface area (Å²) in [6.45, 7) is 1.51. The van der Waals surface area contributed by atoms with Crippen LogP contribution in [0.3, 0.4) is 0 Å². The zero-order chi connectivity index (χ0) is 24.4. The summed E-state index contributed by atoms with van der Waals surface area (Å²) in [5.41, 5.74) is 16.9. The van der Waals surface area contributed by atoms with E-state index in [0.29, 0.717) is 17.7 Å². The molecule has 0 spiro atoms. The molecule has 4 aromatic rings. The third kappa shape index (κ3) is 4.63. The van der Waals surface area contributed by atoms with Gasteiger partial charge in [0.2, 0.25) is 11.9 Å². The van der Waals surface area contributed by atoms with Gasteiger partial charge in [0.15, 0.2) is 0 Å². The summed E-state index contributed by atoms with van der Waals surface area (Å²) >= 11 is 0. The lowest BCUT2D eigenvalue weighted by Gasteiger charge is -2.27. The van der Waals surface area contributed by atoms with Gasteiger partial charge in [-0.25, -0.2) is 14.4 Å². The molecule has 4 N–H and O–H groups in total. The number of likely N-dealkylation sites (tertiary alicyclic amines) is 1. The minimum atomic E-state index is -0.489. The average Bonchev–Trinajstić information content (AvgIpc) is 3.33. The quantitative estimate of drug-likeness (QED) is 0.417. The van der Waals surface area contributed by atoms with E-state index in [4.69, 9.17) is 11.5 Å². The Balaban J connectivity index is 1.52. The molecule has 1 atom stereocenters. The number of hydrogen-bond donors (Lipinski definition) is 2. The Morgan fingerprint density at radius 2 is 1.77 bits per heavy atom. The Kier molecular flexibility index (Phi) is 6.25. The highest BCUT2D eigenvalue weighted by atomic mass is 19.1. The van der Waals surface area contributed by atoms with E-state index in [0.717, 1.165) is 47.3 Å². The average molecular weight is 468 g/mol. The van der Waals surface area contributed by atoms with E-state index >= 15 is 0 Å². The van der Waals surface area contributed by atoms with Crippen LogP contribution in [0.25, 0.3) is 22.3 Å². The Bertz CT molecular complexity index is 1390. The molecule has 2 heterocycles. The fourth-order valence-corrected chi connectivity index (χ4v) is 4.87. The summed E-state index contributed by atoms with van der Waals surface area (Å²) in [5, 5.41) is 0. The van der Waals surface area contributed by atoms with Crippen molar-refractivity contribution in [3.05, 3.63) is 102 Å². The molecule has 6 nitrogen and oxygen atoms in total. The molecule has 1 aliphatic heterocycles. The maximum atomic E-state index is 14.6. The van der Waals surface area contributed by atoms with Crippen LogP contribution in [0.15, 0.2) is 79.0 Å². The Morgan fingerprint density at radius 1 is 1.00 bits per heavy atom. The molecule has 1 aromatic heterocycles. The lowest BCUT2D eigenvalue weighted by atomic mass is 9.96. The van der Waals surface area contributed by atoms with Crippen LogP contribution in [-0.4, -0.2) is 27.3 Å². The molecule has 0 saturated carbocycles. The molecule has 176 valence electrons. The Labute approximate surface area is 203 Å². The minimum absolute atomic E-state index is 0.00112. The highest BCUT2D eigenvalue weighted by molar-refractivity contribution is 5.94. The third-order valence-corrected chi connectivity index (χ3v) is 6.53. The highest BCUT2D eigenvalue weighted by Gasteiger charge is 2.30. The molecule has 0 radical (unpaired) electrons. The maximum absolute atomic E-state index is 14.6. The van der Waals surface area contributed by atoms with Crippen molar-refractivity contribution in [1.29, 1.82) is 0 Å². The van der Waals surface area contributed by atoms with Crippen LogP contribution < -0.4 is 11.5 Å². The van der Waals surface area contributed by atoms with Gasteiger partial charge in [0, 0.05) is 29.4 Å². The van der Waals surface area contributed by atoms with Gasteiger partial charge in [-0.1, -0.05) is 54.6 Å². The first kappa shape index (κ1) is 22.7. The number of nitrogen functional groups attached to an aromatic ring is 1. The van der Waals surface area contributed by atoms with Crippen molar-refractivity contribution < 1.29 is 9.18 Å². The standard InChI is InChI=1S/C28H26FN5O/c29-24-12-4-3-11-22(24)21-10-2-1-7-20(21)17-34-14-6-13-25(34)26-23(16-32-28(31)33-26)18-8-5-9-19(15-18)27(30)35/h1-5,7-12,15-16,25H,6,13-14,17H2,(H2,30,35)(H2,31,32,33)/t25-/m1/s1. The predicted molar refractivity (Wildman–Crippen MR) is 135 cm³/mol. The predicted octanol–water partition coefficient (Wildman–Crippen LogP) is 4.97. The molecular weight excluding hydrogens is 441 g/mol. The van der Waals surface area contributed by atoms with Crippen LogP contribution in [0.5, 0.6) is 0 Å². The van der Waals surface area contributed by atoms with E-state index in [2.05, 4.69) is 14.9 Å². The molecule has 3 aromatic carbocycles. The molecule has 0 aliphatic carbocycles. The summed E-state index contributed by atoms with van der Waals surface area (Å²) in [4.78, 5) is 23.0. The number of benzene rings is 3. The minimum Gasteiger partial charge on any atom is -0.368 e. The van der Waals surface area contributed by atoms with E-state index in [1.54, 1.807) is 30.5 Å². The molecule has 1 fully saturated rings. The third-order valence-electron chi connectivity index (χ3n) is 6.53. The molecule has 1 aliphatic rings. The van der Waals surface area contributed by atoms with Crippen molar-refractivity contribution >= 4 is 11.9 Å². The first-order valence-electron chi connectivity index (χ1n) is 11.6. The van der Waals surface area contributed by atoms with Crippen LogP contribution >= 0.6 is 0 Å². The molecular formula is C28H26FN5O. The molecule has 5 rings (SSSR count). The van der Waals surface area contributed by atoms with Crippen LogP contribution in [0, 0.1) is 5.82 Å². The summed E-state index contributed by atoms with van der Waals surface area (Å²) in [5.74, 6) is -0.525. The second kappa shape index (κ2) is 9.64. The number of hydrogen-bond acceptors (Lipinski definition) is 5. The van der Waals surface area contributed by atoms with E-state index in [9.17, 15) is 9.18 Å². The highest BCUT2D eigenvalue weighted by Crippen LogP contribution is 2.39. The van der Waals surface area contributed by atoms with Gasteiger partial charge in [-0.2, -0.15) is 0 Å². The lowest BCUT2D eigenvalue weighted by Crippen LogP contribution is -2.25. The number of amides is 1. The molecule has 35 heavy (non-hydrogen) atoms. The van der Waals surface area contributed by atoms with Gasteiger partial charge in [0.25, 0.3) is 0 Å². The summed E-state index contributed by atoms with van der Waals surface area (Å²) in [6.07, 6.45) is 3.61. The number of primary amides is 1. The van der Waals surface area contributed by atoms with Gasteiger partial charge >= 0.3 is 0 Å². The van der Waals surface area contributed by atoms with Crippen LogP contribution in [-0.2, 0) is 6.54 Å². The number of halogens is 1.